The number of amides is 2. The van der Waals surface area contributed by atoms with Crippen molar-refractivity contribution in [2.24, 2.45) is 11.8 Å². The van der Waals surface area contributed by atoms with E-state index in [0.29, 0.717) is 67.4 Å². The van der Waals surface area contributed by atoms with Crippen molar-refractivity contribution >= 4 is 31.0 Å². The predicted octanol–water partition coefficient (Wildman–Crippen LogP) is 7.19. The van der Waals surface area contributed by atoms with E-state index >= 15 is 0 Å². The smallest absolute Gasteiger partial charge is 0.268 e. The van der Waals surface area contributed by atoms with Crippen LogP contribution in [0.1, 0.15) is 98.0 Å². The van der Waals surface area contributed by atoms with Gasteiger partial charge in [0.1, 0.15) is 11.7 Å². The molecule has 1 aliphatic rings. The molecule has 0 aliphatic heterocycles. The first-order valence-electron chi connectivity index (χ1n) is 16.7. The number of benzene rings is 1. The van der Waals surface area contributed by atoms with Gasteiger partial charge in [0.15, 0.2) is 8.32 Å². The maximum absolute atomic E-state index is 13.8. The number of para-hydroxylation sites is 1. The van der Waals surface area contributed by atoms with Crippen LogP contribution in [-0.4, -0.2) is 56.6 Å². The van der Waals surface area contributed by atoms with E-state index in [4.69, 9.17) is 9.16 Å². The Labute approximate surface area is 266 Å². The molecule has 2 N–H and O–H groups in total. The average molecular weight is 625 g/mol. The number of hydrogen-bond donors (Lipinski definition) is 2. The Hall–Kier alpha value is -2.67. The van der Waals surface area contributed by atoms with Crippen LogP contribution >= 0.6 is 0 Å². The first kappa shape index (κ1) is 35.8. The van der Waals surface area contributed by atoms with Crippen molar-refractivity contribution < 1.29 is 18.8 Å². The molecule has 0 bridgehead atoms. The van der Waals surface area contributed by atoms with Crippen LogP contribution < -0.4 is 10.6 Å². The van der Waals surface area contributed by atoms with Crippen molar-refractivity contribution in [3.05, 3.63) is 36.0 Å². The van der Waals surface area contributed by atoms with E-state index in [9.17, 15) is 14.9 Å². The van der Waals surface area contributed by atoms with Crippen LogP contribution in [0.3, 0.4) is 0 Å². The fourth-order valence-corrected chi connectivity index (χ4v) is 12.9. The number of nitrogens with one attached hydrogen (secondary N) is 2. The molecule has 3 atom stereocenters. The molecule has 1 heterocycles. The number of carbonyl (C=O) groups is 2. The number of nitriles is 1. The summed E-state index contributed by atoms with van der Waals surface area (Å²) >= 11 is 0. The van der Waals surface area contributed by atoms with E-state index < -0.39 is 14.4 Å². The van der Waals surface area contributed by atoms with E-state index in [0.717, 1.165) is 30.2 Å². The van der Waals surface area contributed by atoms with Crippen LogP contribution in [0.25, 0.3) is 10.9 Å². The molecule has 1 saturated carbocycles. The third-order valence-electron chi connectivity index (χ3n) is 9.39. The Bertz CT molecular complexity index is 1240. The summed E-state index contributed by atoms with van der Waals surface area (Å²) in [7, 11) is -1.94. The molecular weight excluding hydrogens is 568 g/mol. The summed E-state index contributed by atoms with van der Waals surface area (Å²) in [5.74, 6) is -0.376. The summed E-state index contributed by atoms with van der Waals surface area (Å²) in [6.45, 7) is 19.9. The molecule has 44 heavy (non-hydrogen) atoms. The average Bonchev–Trinajstić information content (AvgIpc) is 3.34. The van der Waals surface area contributed by atoms with Crippen LogP contribution in [0, 0.1) is 23.2 Å². The zero-order valence-electron chi connectivity index (χ0n) is 28.3. The Morgan fingerprint density at radius 1 is 0.977 bits per heavy atom. The molecule has 2 aromatic rings. The maximum Gasteiger partial charge on any atom is 0.268 e. The van der Waals surface area contributed by atoms with Crippen LogP contribution in [0.2, 0.25) is 16.6 Å². The molecule has 2 amide bonds. The zero-order valence-corrected chi connectivity index (χ0v) is 29.3. The summed E-state index contributed by atoms with van der Waals surface area (Å²) in [4.78, 5) is 27.0. The van der Waals surface area contributed by atoms with Gasteiger partial charge in [0.2, 0.25) is 5.91 Å². The normalized spacial score (nSPS) is 18.2. The fourth-order valence-electron chi connectivity index (χ4n) is 7.43. The molecule has 1 aromatic carbocycles. The topological polar surface area (TPSA) is 105 Å². The minimum Gasteiger partial charge on any atom is -0.414 e. The number of carbonyl (C=O) groups excluding carboxylic acids is 2. The van der Waals surface area contributed by atoms with Gasteiger partial charge in [-0.05, 0) is 53.9 Å². The zero-order chi connectivity index (χ0) is 32.4. The second kappa shape index (κ2) is 16.6. The third-order valence-corrected chi connectivity index (χ3v) is 15.5. The van der Waals surface area contributed by atoms with Crippen LogP contribution in [0.15, 0.2) is 30.3 Å². The standard InChI is InChI=1S/C35H56N4O4Si/c1-24(2)21-29(23-36)37-34(40)30-14-10-11-15-31(30)38-35(41)33-22-28-13-9-12-16-32(28)39(33)17-18-42-19-20-43-44(25(3)4,26(5)6)27(7)8/h9,12-13,16,22,24-27,29-31H,10-11,14-15,17-21H2,1-8H3,(H,37,40)(H,38,41)/t29-,30+,31-/m0/s1. The van der Waals surface area contributed by atoms with Crippen molar-refractivity contribution in [3.8, 4) is 6.07 Å². The lowest BCUT2D eigenvalue weighted by molar-refractivity contribution is -0.127. The second-order valence-corrected chi connectivity index (χ2v) is 19.3. The summed E-state index contributed by atoms with van der Waals surface area (Å²) in [5, 5.41) is 16.7. The highest BCUT2D eigenvalue weighted by atomic mass is 28.4. The van der Waals surface area contributed by atoms with Crippen molar-refractivity contribution in [2.45, 2.75) is 123 Å². The van der Waals surface area contributed by atoms with E-state index in [2.05, 4.69) is 58.2 Å². The molecule has 0 radical (unpaired) electrons. The lowest BCUT2D eigenvalue weighted by Gasteiger charge is -2.42. The van der Waals surface area contributed by atoms with E-state index in [1.165, 1.54) is 0 Å². The molecule has 0 unspecified atom stereocenters. The number of hydrogen-bond acceptors (Lipinski definition) is 5. The highest BCUT2D eigenvalue weighted by Gasteiger charge is 2.44. The molecule has 1 fully saturated rings. The monoisotopic (exact) mass is 624 g/mol. The fraction of sp³-hybridized carbons (Fsp3) is 0.686. The van der Waals surface area contributed by atoms with Gasteiger partial charge < -0.3 is 24.4 Å². The summed E-state index contributed by atoms with van der Waals surface area (Å²) < 4.78 is 14.7. The molecule has 3 rings (SSSR count). The van der Waals surface area contributed by atoms with Gasteiger partial charge in [-0.15, -0.1) is 0 Å². The molecule has 9 heteroatoms. The van der Waals surface area contributed by atoms with Crippen molar-refractivity contribution in [1.82, 2.24) is 15.2 Å². The van der Waals surface area contributed by atoms with E-state index in [1.807, 2.05) is 48.7 Å². The first-order chi connectivity index (χ1) is 20.9. The Morgan fingerprint density at radius 2 is 1.64 bits per heavy atom. The lowest BCUT2D eigenvalue weighted by Crippen LogP contribution is -2.50. The third kappa shape index (κ3) is 8.73. The Morgan fingerprint density at radius 3 is 2.27 bits per heavy atom. The molecular formula is C35H56N4O4Si. The summed E-state index contributed by atoms with van der Waals surface area (Å²) in [6, 6.07) is 11.3. The second-order valence-electron chi connectivity index (χ2n) is 13.8. The lowest BCUT2D eigenvalue weighted by atomic mass is 9.83. The Balaban J connectivity index is 1.67. The molecule has 1 aromatic heterocycles. The summed E-state index contributed by atoms with van der Waals surface area (Å²) in [5.41, 5.74) is 3.12. The minimum atomic E-state index is -1.94. The van der Waals surface area contributed by atoms with E-state index in [-0.39, 0.29) is 23.8 Å². The van der Waals surface area contributed by atoms with Gasteiger partial charge in [-0.1, -0.05) is 86.4 Å². The van der Waals surface area contributed by atoms with Gasteiger partial charge in [0.25, 0.3) is 5.91 Å². The molecule has 1 aliphatic carbocycles. The minimum absolute atomic E-state index is 0.141. The molecule has 0 saturated heterocycles. The number of rotatable bonds is 16. The van der Waals surface area contributed by atoms with Crippen molar-refractivity contribution in [1.29, 1.82) is 5.26 Å². The van der Waals surface area contributed by atoms with Crippen molar-refractivity contribution in [2.75, 3.05) is 19.8 Å². The molecule has 8 nitrogen and oxygen atoms in total. The molecule has 0 spiro atoms. The largest absolute Gasteiger partial charge is 0.414 e. The van der Waals surface area contributed by atoms with Crippen LogP contribution in [0.4, 0.5) is 0 Å². The number of ether oxygens (including phenoxy) is 1. The highest BCUT2D eigenvalue weighted by Crippen LogP contribution is 2.42. The summed E-state index contributed by atoms with van der Waals surface area (Å²) in [6.07, 6.45) is 3.93. The number of fused-ring (bicyclic) bond motifs is 1. The van der Waals surface area contributed by atoms with Crippen LogP contribution in [0.5, 0.6) is 0 Å². The van der Waals surface area contributed by atoms with Crippen molar-refractivity contribution in [3.63, 3.8) is 0 Å². The molecule has 244 valence electrons. The maximum atomic E-state index is 13.8. The van der Waals surface area contributed by atoms with Crippen LogP contribution in [-0.2, 0) is 20.5 Å². The van der Waals surface area contributed by atoms with Gasteiger partial charge >= 0.3 is 0 Å². The SMILES string of the molecule is CC(C)C[C@@H](C#N)NC(=O)[C@@H]1CCCC[C@@H]1NC(=O)c1cc2ccccc2n1CCOCCO[Si](C(C)C)(C(C)C)C(C)C. The highest BCUT2D eigenvalue weighted by molar-refractivity contribution is 6.77. The first-order valence-corrected chi connectivity index (χ1v) is 18.9. The quantitative estimate of drug-likeness (QED) is 0.152. The number of nitrogens with zero attached hydrogens (tertiary/aromatic N) is 2. The van der Waals surface area contributed by atoms with Gasteiger partial charge in [-0.2, -0.15) is 5.26 Å². The number of aromatic nitrogens is 1. The van der Waals surface area contributed by atoms with Gasteiger partial charge in [0.05, 0.1) is 31.8 Å². The van der Waals surface area contributed by atoms with Gasteiger partial charge in [-0.3, -0.25) is 9.59 Å². The predicted molar refractivity (Wildman–Crippen MR) is 180 cm³/mol. The van der Waals surface area contributed by atoms with Gasteiger partial charge in [-0.25, -0.2) is 0 Å². The van der Waals surface area contributed by atoms with E-state index in [1.54, 1.807) is 0 Å². The Kier molecular flexibility index (Phi) is 13.5. The van der Waals surface area contributed by atoms with Gasteiger partial charge in [0, 0.05) is 23.5 Å².